The minimum Gasteiger partial charge on any atom is -0.465 e. The highest BCUT2D eigenvalue weighted by atomic mass is 16.7. The van der Waals surface area contributed by atoms with Gasteiger partial charge in [0.1, 0.15) is 19.2 Å². The van der Waals surface area contributed by atoms with E-state index in [9.17, 15) is 24.3 Å². The number of hydrazine groups is 1. The van der Waals surface area contributed by atoms with Gasteiger partial charge in [-0.25, -0.2) is 9.59 Å². The van der Waals surface area contributed by atoms with Crippen LogP contribution in [-0.2, 0) is 21.0 Å². The summed E-state index contributed by atoms with van der Waals surface area (Å²) in [5.41, 5.74) is 4.70. The molecule has 2 aliphatic rings. The Kier molecular flexibility index (Phi) is 6.87. The molecule has 2 bridgehead atoms. The Morgan fingerprint density at radius 3 is 2.47 bits per heavy atom. The van der Waals surface area contributed by atoms with E-state index < -0.39 is 36.0 Å². The fourth-order valence-electron chi connectivity index (χ4n) is 3.78. The molecule has 2 heterocycles. The number of fused-ring (bicyclic) bond motifs is 2. The summed E-state index contributed by atoms with van der Waals surface area (Å²) in [6.07, 6.45) is -0.234. The number of hydrogen-bond acceptors (Lipinski definition) is 5. The monoisotopic (exact) mass is 447 g/mol. The van der Waals surface area contributed by atoms with Gasteiger partial charge >= 0.3 is 12.1 Å². The summed E-state index contributed by atoms with van der Waals surface area (Å²) in [6.45, 7) is 5.16. The van der Waals surface area contributed by atoms with Crippen molar-refractivity contribution in [3.05, 3.63) is 35.9 Å². The van der Waals surface area contributed by atoms with Gasteiger partial charge in [-0.1, -0.05) is 30.3 Å². The molecule has 11 nitrogen and oxygen atoms in total. The van der Waals surface area contributed by atoms with Gasteiger partial charge in [0.25, 0.3) is 11.8 Å². The molecule has 3 rings (SSSR count). The summed E-state index contributed by atoms with van der Waals surface area (Å²) in [5.74, 6) is -1.21. The zero-order valence-corrected chi connectivity index (χ0v) is 18.4. The Morgan fingerprint density at radius 1 is 1.16 bits per heavy atom. The van der Waals surface area contributed by atoms with E-state index in [1.807, 2.05) is 30.3 Å². The van der Waals surface area contributed by atoms with Crippen molar-refractivity contribution < 1.29 is 29.1 Å². The molecule has 0 aliphatic carbocycles. The molecular formula is C21H29N5O6. The number of nitrogens with zero attached hydrogens (tertiary/aromatic N) is 3. The first-order chi connectivity index (χ1) is 15.1. The molecule has 2 saturated heterocycles. The number of urea groups is 1. The molecule has 0 radical (unpaired) electrons. The van der Waals surface area contributed by atoms with Crippen molar-refractivity contribution in [2.24, 2.45) is 0 Å². The van der Waals surface area contributed by atoms with Gasteiger partial charge in [-0.15, -0.1) is 0 Å². The quantitative estimate of drug-likeness (QED) is 0.564. The summed E-state index contributed by atoms with van der Waals surface area (Å²) >= 11 is 0. The average Bonchev–Trinajstić information content (AvgIpc) is 2.98. The number of nitrogens with one attached hydrogen (secondary N) is 2. The third-order valence-corrected chi connectivity index (χ3v) is 5.51. The van der Waals surface area contributed by atoms with Crippen LogP contribution in [0.2, 0.25) is 0 Å². The molecule has 1 aromatic rings. The first-order valence-electron chi connectivity index (χ1n) is 10.4. The normalized spacial score (nSPS) is 20.2. The van der Waals surface area contributed by atoms with Crippen LogP contribution < -0.4 is 10.9 Å². The molecule has 0 aromatic heterocycles. The molecule has 0 spiro atoms. The maximum atomic E-state index is 12.8. The standard InChI is InChI=1S/C21H29N5O6/c1-21(2,3)25(20(30)31)12-17(27)22-23-18(28)16-10-9-15-11-24(16)19(29)26(15)32-13-14-7-5-4-6-8-14/h4-8,15-16H,9-13H2,1-3H3,(H,22,27)(H,23,28)(H,30,31). The Morgan fingerprint density at radius 2 is 1.84 bits per heavy atom. The van der Waals surface area contributed by atoms with E-state index >= 15 is 0 Å². The predicted molar refractivity (Wildman–Crippen MR) is 113 cm³/mol. The molecule has 32 heavy (non-hydrogen) atoms. The second-order valence-corrected chi connectivity index (χ2v) is 8.84. The number of amides is 5. The van der Waals surface area contributed by atoms with Crippen LogP contribution in [0, 0.1) is 0 Å². The number of hydrogen-bond donors (Lipinski definition) is 3. The molecule has 11 heteroatoms. The maximum Gasteiger partial charge on any atom is 0.408 e. The number of carboxylic acid groups (broad SMARTS) is 1. The van der Waals surface area contributed by atoms with E-state index in [4.69, 9.17) is 4.84 Å². The fraction of sp³-hybridized carbons (Fsp3) is 0.524. The van der Waals surface area contributed by atoms with E-state index in [1.165, 1.54) is 9.96 Å². The van der Waals surface area contributed by atoms with Gasteiger partial charge in [0, 0.05) is 12.1 Å². The molecule has 3 N–H and O–H groups in total. The lowest BCUT2D eigenvalue weighted by Gasteiger charge is -2.32. The van der Waals surface area contributed by atoms with Crippen LogP contribution in [0.4, 0.5) is 9.59 Å². The summed E-state index contributed by atoms with van der Waals surface area (Å²) < 4.78 is 0. The molecule has 2 atom stereocenters. The third-order valence-electron chi connectivity index (χ3n) is 5.51. The second kappa shape index (κ2) is 9.43. The highest BCUT2D eigenvalue weighted by molar-refractivity contribution is 5.90. The molecular weight excluding hydrogens is 418 g/mol. The van der Waals surface area contributed by atoms with Gasteiger partial charge in [-0.3, -0.25) is 30.2 Å². The van der Waals surface area contributed by atoms with Crippen LogP contribution in [-0.4, -0.2) is 74.6 Å². The number of carbonyl (C=O) groups is 4. The molecule has 2 fully saturated rings. The van der Waals surface area contributed by atoms with Crippen LogP contribution in [0.5, 0.6) is 0 Å². The Hall–Kier alpha value is -3.34. The van der Waals surface area contributed by atoms with Crippen LogP contribution in [0.1, 0.15) is 39.2 Å². The first-order valence-corrected chi connectivity index (χ1v) is 10.4. The molecule has 2 aliphatic heterocycles. The smallest absolute Gasteiger partial charge is 0.408 e. The van der Waals surface area contributed by atoms with E-state index in [-0.39, 0.29) is 18.7 Å². The average molecular weight is 447 g/mol. The van der Waals surface area contributed by atoms with Crippen molar-refractivity contribution in [1.82, 2.24) is 25.7 Å². The van der Waals surface area contributed by atoms with Crippen molar-refractivity contribution in [1.29, 1.82) is 0 Å². The Balaban J connectivity index is 1.52. The number of hydroxylamine groups is 2. The largest absolute Gasteiger partial charge is 0.465 e. The molecule has 174 valence electrons. The SMILES string of the molecule is CC(C)(C)N(CC(=O)NNC(=O)C1CCC2CN1C(=O)N2OCc1ccccc1)C(=O)O. The van der Waals surface area contributed by atoms with Crippen molar-refractivity contribution >= 4 is 23.9 Å². The minimum absolute atomic E-state index is 0.138. The molecule has 1 aromatic carbocycles. The van der Waals surface area contributed by atoms with E-state index in [2.05, 4.69) is 10.9 Å². The summed E-state index contributed by atoms with van der Waals surface area (Å²) in [4.78, 5) is 57.0. The lowest BCUT2D eigenvalue weighted by atomic mass is 10.0. The van der Waals surface area contributed by atoms with Gasteiger partial charge < -0.3 is 10.0 Å². The summed E-state index contributed by atoms with van der Waals surface area (Å²) in [7, 11) is 0. The molecule has 2 unspecified atom stereocenters. The zero-order valence-electron chi connectivity index (χ0n) is 18.4. The van der Waals surface area contributed by atoms with Gasteiger partial charge in [-0.2, -0.15) is 5.06 Å². The lowest BCUT2D eigenvalue weighted by Crippen LogP contribution is -2.56. The van der Waals surface area contributed by atoms with Crippen molar-refractivity contribution in [2.75, 3.05) is 13.1 Å². The highest BCUT2D eigenvalue weighted by Gasteiger charge is 2.48. The van der Waals surface area contributed by atoms with Gasteiger partial charge in [-0.05, 0) is 39.2 Å². The van der Waals surface area contributed by atoms with E-state index in [0.29, 0.717) is 19.4 Å². The minimum atomic E-state index is -1.24. The topological polar surface area (TPSA) is 132 Å². The van der Waals surface area contributed by atoms with E-state index in [0.717, 1.165) is 10.5 Å². The number of carbonyl (C=O) groups excluding carboxylic acids is 3. The third kappa shape index (κ3) is 5.28. The Bertz CT molecular complexity index is 871. The van der Waals surface area contributed by atoms with Crippen LogP contribution in [0.25, 0.3) is 0 Å². The van der Waals surface area contributed by atoms with Crippen molar-refractivity contribution in [3.8, 4) is 0 Å². The molecule has 5 amide bonds. The van der Waals surface area contributed by atoms with Crippen molar-refractivity contribution in [2.45, 2.75) is 57.8 Å². The van der Waals surface area contributed by atoms with Crippen molar-refractivity contribution in [3.63, 3.8) is 0 Å². The lowest BCUT2D eigenvalue weighted by molar-refractivity contribution is -0.140. The highest BCUT2D eigenvalue weighted by Crippen LogP contribution is 2.30. The van der Waals surface area contributed by atoms with Crippen LogP contribution in [0.15, 0.2) is 30.3 Å². The fourth-order valence-corrected chi connectivity index (χ4v) is 3.78. The van der Waals surface area contributed by atoms with Crippen LogP contribution in [0.3, 0.4) is 0 Å². The van der Waals surface area contributed by atoms with Gasteiger partial charge in [0.2, 0.25) is 0 Å². The zero-order chi connectivity index (χ0) is 23.5. The van der Waals surface area contributed by atoms with E-state index in [1.54, 1.807) is 20.8 Å². The number of piperidine rings is 1. The van der Waals surface area contributed by atoms with Gasteiger partial charge in [0.15, 0.2) is 0 Å². The number of rotatable bonds is 6. The van der Waals surface area contributed by atoms with Crippen LogP contribution >= 0.6 is 0 Å². The maximum absolute atomic E-state index is 12.8. The first kappa shape index (κ1) is 23.3. The second-order valence-electron chi connectivity index (χ2n) is 8.84. The summed E-state index contributed by atoms with van der Waals surface area (Å²) in [6, 6.07) is 8.20. The Labute approximate surface area is 186 Å². The summed E-state index contributed by atoms with van der Waals surface area (Å²) in [5, 5.41) is 10.6. The predicted octanol–water partition coefficient (Wildman–Crippen LogP) is 1.31. The molecule has 0 saturated carbocycles. The van der Waals surface area contributed by atoms with Gasteiger partial charge in [0.05, 0.1) is 6.04 Å². The number of benzene rings is 1.